The van der Waals surface area contributed by atoms with Crippen molar-refractivity contribution in [2.75, 3.05) is 11.9 Å². The van der Waals surface area contributed by atoms with Gasteiger partial charge in [0.05, 0.1) is 6.10 Å². The Bertz CT molecular complexity index is 613. The Balaban J connectivity index is 0.00000192. The van der Waals surface area contributed by atoms with Gasteiger partial charge in [0.2, 0.25) is 0 Å². The summed E-state index contributed by atoms with van der Waals surface area (Å²) < 4.78 is 5.39. The first-order valence-electron chi connectivity index (χ1n) is 8.07. The van der Waals surface area contributed by atoms with Gasteiger partial charge in [-0.05, 0) is 56.7 Å². The molecule has 2 heterocycles. The smallest absolute Gasteiger partial charge is 0.328 e. The molecule has 2 aliphatic rings. The quantitative estimate of drug-likeness (QED) is 0.840. The summed E-state index contributed by atoms with van der Waals surface area (Å²) in [5, 5.41) is 3.44. The lowest BCUT2D eigenvalue weighted by Crippen LogP contribution is -2.43. The third kappa shape index (κ3) is 3.63. The van der Waals surface area contributed by atoms with Gasteiger partial charge in [0.15, 0.2) is 0 Å². The van der Waals surface area contributed by atoms with Gasteiger partial charge in [0.25, 0.3) is 0 Å². The van der Waals surface area contributed by atoms with E-state index in [-0.39, 0.29) is 30.5 Å². The van der Waals surface area contributed by atoms with E-state index in [0.29, 0.717) is 0 Å². The minimum Gasteiger partial charge on any atom is -0.461 e. The molecule has 0 saturated heterocycles. The highest BCUT2D eigenvalue weighted by Gasteiger charge is 2.30. The maximum atomic E-state index is 12.3. The molecule has 1 atom stereocenters. The lowest BCUT2D eigenvalue weighted by atomic mass is 9.95. The molecule has 5 heteroatoms. The van der Waals surface area contributed by atoms with E-state index in [0.717, 1.165) is 31.5 Å². The first kappa shape index (κ1) is 17.7. The predicted molar refractivity (Wildman–Crippen MR) is 94.8 cm³/mol. The number of nitrogens with one attached hydrogen (secondary N) is 1. The average Bonchev–Trinajstić information content (AvgIpc) is 2.69. The van der Waals surface area contributed by atoms with Crippen molar-refractivity contribution in [1.29, 1.82) is 0 Å². The van der Waals surface area contributed by atoms with Gasteiger partial charge in [0, 0.05) is 12.7 Å². The van der Waals surface area contributed by atoms with E-state index in [1.807, 2.05) is 13.8 Å². The minimum absolute atomic E-state index is 0. The summed E-state index contributed by atoms with van der Waals surface area (Å²) in [6.45, 7) is 3.78. The van der Waals surface area contributed by atoms with Crippen LogP contribution in [0.1, 0.15) is 38.7 Å². The van der Waals surface area contributed by atoms with Crippen LogP contribution in [0.2, 0.25) is 0 Å². The van der Waals surface area contributed by atoms with Crippen LogP contribution in [0, 0.1) is 0 Å². The number of carbonyl (C=O) groups is 1. The SMILES string of the molecule is CC(C)OC(=O)C1CCCC2=C(N1)N(C)c1ccccc1C2.Cl. The molecule has 3 rings (SSSR count). The van der Waals surface area contributed by atoms with E-state index in [4.69, 9.17) is 4.74 Å². The van der Waals surface area contributed by atoms with E-state index in [1.54, 1.807) is 0 Å². The van der Waals surface area contributed by atoms with Crippen molar-refractivity contribution in [1.82, 2.24) is 5.32 Å². The van der Waals surface area contributed by atoms with Gasteiger partial charge < -0.3 is 15.0 Å². The second-order valence-corrected chi connectivity index (χ2v) is 6.39. The largest absolute Gasteiger partial charge is 0.461 e. The van der Waals surface area contributed by atoms with Gasteiger partial charge in [-0.3, -0.25) is 0 Å². The highest BCUT2D eigenvalue weighted by Crippen LogP contribution is 2.34. The Kier molecular flexibility index (Phi) is 5.58. The minimum atomic E-state index is -0.248. The molecule has 0 aliphatic carbocycles. The number of halogens is 1. The van der Waals surface area contributed by atoms with E-state index < -0.39 is 0 Å². The average molecular weight is 337 g/mol. The third-order valence-corrected chi connectivity index (χ3v) is 4.35. The number of hydrogen-bond acceptors (Lipinski definition) is 4. The molecule has 2 aliphatic heterocycles. The number of carbonyl (C=O) groups excluding carboxylic acids is 1. The van der Waals surface area contributed by atoms with E-state index in [2.05, 4.69) is 41.5 Å². The Morgan fingerprint density at radius 1 is 1.35 bits per heavy atom. The number of hydrogen-bond donors (Lipinski definition) is 1. The number of fused-ring (bicyclic) bond motifs is 1. The van der Waals surface area contributed by atoms with Gasteiger partial charge in [-0.25, -0.2) is 4.79 Å². The second kappa shape index (κ2) is 7.26. The molecular weight excluding hydrogens is 312 g/mol. The lowest BCUT2D eigenvalue weighted by Gasteiger charge is -2.33. The zero-order valence-corrected chi connectivity index (χ0v) is 14.8. The third-order valence-electron chi connectivity index (χ3n) is 4.35. The van der Waals surface area contributed by atoms with Gasteiger partial charge in [-0.15, -0.1) is 12.4 Å². The number of rotatable bonds is 2. The standard InChI is InChI=1S/C18H24N2O2.ClH/c1-12(2)22-18(21)15-9-6-8-14-11-13-7-4-5-10-16(13)20(3)17(14)19-15;/h4-5,7,10,12,15,19H,6,8-9,11H2,1-3H3;1H. The Labute approximate surface area is 144 Å². The number of allylic oxidation sites excluding steroid dienone is 1. The number of ether oxygens (including phenoxy) is 1. The lowest BCUT2D eigenvalue weighted by molar-refractivity contribution is -0.149. The zero-order valence-electron chi connectivity index (χ0n) is 14.0. The van der Waals surface area contributed by atoms with Crippen molar-refractivity contribution >= 4 is 24.1 Å². The molecule has 0 amide bonds. The summed E-state index contributed by atoms with van der Waals surface area (Å²) in [6.07, 6.45) is 3.76. The first-order chi connectivity index (χ1) is 10.6. The number of esters is 1. The van der Waals surface area contributed by atoms with Crippen LogP contribution in [0.3, 0.4) is 0 Å². The van der Waals surface area contributed by atoms with Crippen molar-refractivity contribution in [2.45, 2.75) is 51.7 Å². The molecule has 0 fully saturated rings. The fourth-order valence-electron chi connectivity index (χ4n) is 3.31. The summed E-state index contributed by atoms with van der Waals surface area (Å²) in [6, 6.07) is 8.22. The number of benzene rings is 1. The number of para-hydroxylation sites is 1. The van der Waals surface area contributed by atoms with Gasteiger partial charge in [0.1, 0.15) is 11.9 Å². The predicted octanol–water partition coefficient (Wildman–Crippen LogP) is 3.41. The molecule has 126 valence electrons. The Morgan fingerprint density at radius 3 is 2.83 bits per heavy atom. The van der Waals surface area contributed by atoms with Crippen LogP contribution < -0.4 is 10.2 Å². The molecule has 1 aromatic carbocycles. The van der Waals surface area contributed by atoms with Crippen molar-refractivity contribution in [3.05, 3.63) is 41.2 Å². The molecule has 1 unspecified atom stereocenters. The monoisotopic (exact) mass is 336 g/mol. The number of anilines is 1. The fraction of sp³-hybridized carbons (Fsp3) is 0.500. The zero-order chi connectivity index (χ0) is 15.7. The maximum Gasteiger partial charge on any atom is 0.328 e. The van der Waals surface area contributed by atoms with Crippen LogP contribution in [-0.4, -0.2) is 25.2 Å². The highest BCUT2D eigenvalue weighted by molar-refractivity contribution is 5.85. The van der Waals surface area contributed by atoms with Crippen LogP contribution >= 0.6 is 12.4 Å². The molecule has 1 aromatic rings. The van der Waals surface area contributed by atoms with Crippen LogP contribution in [-0.2, 0) is 16.0 Å². The summed E-state index contributed by atoms with van der Waals surface area (Å²) in [5.74, 6) is 0.943. The van der Waals surface area contributed by atoms with E-state index in [1.165, 1.54) is 16.8 Å². The second-order valence-electron chi connectivity index (χ2n) is 6.39. The van der Waals surface area contributed by atoms with Gasteiger partial charge >= 0.3 is 5.97 Å². The Hall–Kier alpha value is -1.68. The molecule has 0 spiro atoms. The normalized spacial score (nSPS) is 20.0. The molecule has 0 saturated carbocycles. The van der Waals surface area contributed by atoms with Crippen LogP contribution in [0.25, 0.3) is 0 Å². The van der Waals surface area contributed by atoms with Crippen molar-refractivity contribution in [3.63, 3.8) is 0 Å². The van der Waals surface area contributed by atoms with Crippen LogP contribution in [0.5, 0.6) is 0 Å². The maximum absolute atomic E-state index is 12.3. The summed E-state index contributed by atoms with van der Waals surface area (Å²) in [5.41, 5.74) is 3.96. The van der Waals surface area contributed by atoms with E-state index in [9.17, 15) is 4.79 Å². The molecule has 23 heavy (non-hydrogen) atoms. The highest BCUT2D eigenvalue weighted by atomic mass is 35.5. The molecule has 0 aromatic heterocycles. The molecule has 0 bridgehead atoms. The van der Waals surface area contributed by atoms with Gasteiger partial charge in [-0.1, -0.05) is 18.2 Å². The molecule has 0 radical (unpaired) electrons. The number of nitrogens with zero attached hydrogens (tertiary/aromatic N) is 1. The molecule has 1 N–H and O–H groups in total. The van der Waals surface area contributed by atoms with Gasteiger partial charge in [-0.2, -0.15) is 0 Å². The summed E-state index contributed by atoms with van der Waals surface area (Å²) in [4.78, 5) is 14.4. The van der Waals surface area contributed by atoms with Crippen LogP contribution in [0.4, 0.5) is 5.69 Å². The first-order valence-corrected chi connectivity index (χ1v) is 8.07. The van der Waals surface area contributed by atoms with E-state index >= 15 is 0 Å². The van der Waals surface area contributed by atoms with Crippen LogP contribution in [0.15, 0.2) is 35.7 Å². The van der Waals surface area contributed by atoms with Crippen molar-refractivity contribution in [2.24, 2.45) is 0 Å². The van der Waals surface area contributed by atoms with Crippen molar-refractivity contribution < 1.29 is 9.53 Å². The van der Waals surface area contributed by atoms with Crippen molar-refractivity contribution in [3.8, 4) is 0 Å². The molecular formula is C18H25ClN2O2. The Morgan fingerprint density at radius 2 is 2.09 bits per heavy atom. The molecule has 4 nitrogen and oxygen atoms in total. The fourth-order valence-corrected chi connectivity index (χ4v) is 3.31. The topological polar surface area (TPSA) is 41.6 Å². The summed E-state index contributed by atoms with van der Waals surface area (Å²) in [7, 11) is 2.07. The summed E-state index contributed by atoms with van der Waals surface area (Å²) >= 11 is 0.